The predicted octanol–water partition coefficient (Wildman–Crippen LogP) is 5.86. The lowest BCUT2D eigenvalue weighted by atomic mass is 9.55. The minimum atomic E-state index is -0.469. The normalized spacial score (nSPS) is 26.0. The molecule has 2 aliphatic rings. The van der Waals surface area contributed by atoms with E-state index in [1.807, 2.05) is 24.3 Å². The number of rotatable bonds is 5. The Balaban J connectivity index is 1.82. The summed E-state index contributed by atoms with van der Waals surface area (Å²) in [6.45, 7) is 4.49. The van der Waals surface area contributed by atoms with E-state index in [1.54, 1.807) is 0 Å². The Kier molecular flexibility index (Phi) is 5.85. The van der Waals surface area contributed by atoms with Crippen molar-refractivity contribution in [2.24, 2.45) is 11.8 Å². The van der Waals surface area contributed by atoms with Gasteiger partial charge in [0.05, 0.1) is 6.61 Å². The zero-order valence-electron chi connectivity index (χ0n) is 17.1. The molecule has 1 aliphatic heterocycles. The maximum atomic E-state index is 15.2. The van der Waals surface area contributed by atoms with E-state index in [-0.39, 0.29) is 17.5 Å². The van der Waals surface area contributed by atoms with Crippen molar-refractivity contribution in [2.75, 3.05) is 26.7 Å². The maximum Gasteiger partial charge on any atom is 0.165 e. The van der Waals surface area contributed by atoms with Gasteiger partial charge in [0.25, 0.3) is 0 Å². The highest BCUT2D eigenvalue weighted by Crippen LogP contribution is 2.55. The molecule has 0 N–H and O–H groups in total. The Morgan fingerprint density at radius 2 is 1.86 bits per heavy atom. The second-order valence-electron chi connectivity index (χ2n) is 8.62. The van der Waals surface area contributed by atoms with Crippen LogP contribution >= 0.6 is 11.6 Å². The molecule has 4 rings (SSSR count). The summed E-state index contributed by atoms with van der Waals surface area (Å²) in [6.07, 6.45) is 3.59. The number of benzene rings is 2. The van der Waals surface area contributed by atoms with Gasteiger partial charge in [0.15, 0.2) is 11.6 Å². The van der Waals surface area contributed by atoms with E-state index in [2.05, 4.69) is 18.9 Å². The molecule has 2 aromatic carbocycles. The molecule has 2 nitrogen and oxygen atoms in total. The average Bonchev–Trinajstić information content (AvgIpc) is 2.72. The third kappa shape index (κ3) is 3.77. The van der Waals surface area contributed by atoms with Gasteiger partial charge < -0.3 is 9.64 Å². The standard InChI is InChI=1S/C24H28ClF2NO/c1-3-28(2)14-17-5-4-12-24(13-16-6-8-18(25)9-7-16)19(17)15-29-23-21(27)11-10-20(26)22(23)24/h6-11,17,19H,3-5,12-15H2,1-2H3/t17-,19?,24-/m0/s1. The highest BCUT2D eigenvalue weighted by atomic mass is 35.5. The molecular weight excluding hydrogens is 392 g/mol. The Bertz CT molecular complexity index is 872. The van der Waals surface area contributed by atoms with Gasteiger partial charge in [0.2, 0.25) is 0 Å². The molecule has 5 heteroatoms. The maximum absolute atomic E-state index is 15.2. The van der Waals surface area contributed by atoms with E-state index < -0.39 is 11.2 Å². The second-order valence-corrected chi connectivity index (χ2v) is 9.05. The summed E-state index contributed by atoms with van der Waals surface area (Å²) in [7, 11) is 2.12. The van der Waals surface area contributed by atoms with E-state index >= 15 is 4.39 Å². The quantitative estimate of drug-likeness (QED) is 0.601. The second kappa shape index (κ2) is 8.23. The van der Waals surface area contributed by atoms with Gasteiger partial charge in [-0.05, 0) is 68.6 Å². The number of halogens is 3. The van der Waals surface area contributed by atoms with E-state index in [1.165, 1.54) is 12.1 Å². The lowest BCUT2D eigenvalue weighted by molar-refractivity contribution is 0.0209. The molecule has 0 spiro atoms. The molecular formula is C24H28ClF2NO. The lowest BCUT2D eigenvalue weighted by Crippen LogP contribution is -2.52. The largest absolute Gasteiger partial charge is 0.490 e. The molecule has 0 amide bonds. The molecule has 1 unspecified atom stereocenters. The summed E-state index contributed by atoms with van der Waals surface area (Å²) < 4.78 is 35.7. The van der Waals surface area contributed by atoms with Gasteiger partial charge in [0, 0.05) is 28.5 Å². The van der Waals surface area contributed by atoms with E-state index in [9.17, 15) is 4.39 Å². The molecule has 1 aliphatic carbocycles. The molecule has 0 saturated heterocycles. The van der Waals surface area contributed by atoms with Crippen molar-refractivity contribution in [3.63, 3.8) is 0 Å². The van der Waals surface area contributed by atoms with Crippen LogP contribution in [-0.2, 0) is 11.8 Å². The van der Waals surface area contributed by atoms with Crippen LogP contribution in [0, 0.1) is 23.5 Å². The smallest absolute Gasteiger partial charge is 0.165 e. The third-order valence-electron chi connectivity index (χ3n) is 6.96. The van der Waals surface area contributed by atoms with Gasteiger partial charge in [0.1, 0.15) is 5.82 Å². The number of hydrogen-bond donors (Lipinski definition) is 0. The van der Waals surface area contributed by atoms with Gasteiger partial charge in [-0.2, -0.15) is 0 Å². The van der Waals surface area contributed by atoms with Crippen LogP contribution in [0.3, 0.4) is 0 Å². The fourth-order valence-corrected chi connectivity index (χ4v) is 5.58. The summed E-state index contributed by atoms with van der Waals surface area (Å²) in [4.78, 5) is 2.31. The first-order valence-electron chi connectivity index (χ1n) is 10.5. The fraction of sp³-hybridized carbons (Fsp3) is 0.500. The van der Waals surface area contributed by atoms with Gasteiger partial charge in [-0.25, -0.2) is 8.78 Å². The van der Waals surface area contributed by atoms with Gasteiger partial charge in [-0.3, -0.25) is 0 Å². The van der Waals surface area contributed by atoms with Crippen LogP contribution < -0.4 is 4.74 Å². The Morgan fingerprint density at radius 3 is 2.59 bits per heavy atom. The van der Waals surface area contributed by atoms with Crippen molar-refractivity contribution in [1.29, 1.82) is 0 Å². The van der Waals surface area contributed by atoms with Crippen LogP contribution in [0.1, 0.15) is 37.3 Å². The number of nitrogens with zero attached hydrogens (tertiary/aromatic N) is 1. The molecule has 0 radical (unpaired) electrons. The van der Waals surface area contributed by atoms with E-state index in [0.717, 1.165) is 37.9 Å². The minimum absolute atomic E-state index is 0.111. The van der Waals surface area contributed by atoms with Gasteiger partial charge in [-0.15, -0.1) is 0 Å². The van der Waals surface area contributed by atoms with E-state index in [0.29, 0.717) is 29.5 Å². The third-order valence-corrected chi connectivity index (χ3v) is 7.21. The van der Waals surface area contributed by atoms with Crippen molar-refractivity contribution in [1.82, 2.24) is 4.90 Å². The molecule has 1 heterocycles. The molecule has 1 fully saturated rings. The topological polar surface area (TPSA) is 12.5 Å². The minimum Gasteiger partial charge on any atom is -0.490 e. The van der Waals surface area contributed by atoms with Crippen LogP contribution in [0.4, 0.5) is 8.78 Å². The first kappa shape index (κ1) is 20.6. The molecule has 0 aromatic heterocycles. The molecule has 29 heavy (non-hydrogen) atoms. The monoisotopic (exact) mass is 419 g/mol. The van der Waals surface area contributed by atoms with E-state index in [4.69, 9.17) is 16.3 Å². The van der Waals surface area contributed by atoms with Crippen LogP contribution in [0.2, 0.25) is 5.02 Å². The first-order chi connectivity index (χ1) is 13.9. The van der Waals surface area contributed by atoms with Crippen molar-refractivity contribution < 1.29 is 13.5 Å². The molecule has 3 atom stereocenters. The van der Waals surface area contributed by atoms with Crippen molar-refractivity contribution >= 4 is 11.6 Å². The average molecular weight is 420 g/mol. The highest BCUT2D eigenvalue weighted by Gasteiger charge is 2.52. The summed E-state index contributed by atoms with van der Waals surface area (Å²) >= 11 is 6.08. The van der Waals surface area contributed by atoms with Crippen LogP contribution in [0.5, 0.6) is 5.75 Å². The Labute approximate surface area is 176 Å². The summed E-state index contributed by atoms with van der Waals surface area (Å²) in [6, 6.07) is 10.2. The zero-order valence-corrected chi connectivity index (χ0v) is 17.8. The summed E-state index contributed by atoms with van der Waals surface area (Å²) in [5.74, 6) is -0.186. The molecule has 0 bridgehead atoms. The lowest BCUT2D eigenvalue weighted by Gasteiger charge is -2.52. The van der Waals surface area contributed by atoms with Crippen molar-refractivity contribution in [3.05, 3.63) is 64.2 Å². The number of hydrogen-bond acceptors (Lipinski definition) is 2. The molecule has 156 valence electrons. The molecule has 1 saturated carbocycles. The predicted molar refractivity (Wildman–Crippen MR) is 113 cm³/mol. The van der Waals surface area contributed by atoms with Crippen molar-refractivity contribution in [3.8, 4) is 5.75 Å². The SMILES string of the molecule is CCN(C)C[C@@H]1CCC[C@@]2(Cc3ccc(Cl)cc3)c3c(F)ccc(F)c3OCC12. The van der Waals surface area contributed by atoms with Gasteiger partial charge in [-0.1, -0.05) is 37.1 Å². The van der Waals surface area contributed by atoms with Crippen LogP contribution in [0.15, 0.2) is 36.4 Å². The zero-order chi connectivity index (χ0) is 20.6. The summed E-state index contributed by atoms with van der Waals surface area (Å²) in [5.41, 5.74) is 1.07. The number of ether oxygens (including phenoxy) is 1. The summed E-state index contributed by atoms with van der Waals surface area (Å²) in [5, 5.41) is 0.679. The highest BCUT2D eigenvalue weighted by molar-refractivity contribution is 6.30. The Hall–Kier alpha value is -1.65. The fourth-order valence-electron chi connectivity index (χ4n) is 5.46. The van der Waals surface area contributed by atoms with Crippen LogP contribution in [-0.4, -0.2) is 31.6 Å². The van der Waals surface area contributed by atoms with Crippen LogP contribution in [0.25, 0.3) is 0 Å². The van der Waals surface area contributed by atoms with Crippen molar-refractivity contribution in [2.45, 2.75) is 38.0 Å². The molecule has 2 aromatic rings. The first-order valence-corrected chi connectivity index (χ1v) is 10.9. The number of fused-ring (bicyclic) bond motifs is 3. The van der Waals surface area contributed by atoms with Gasteiger partial charge >= 0.3 is 0 Å². The Morgan fingerprint density at radius 1 is 1.14 bits per heavy atom.